The Bertz CT molecular complexity index is 599. The van der Waals surface area contributed by atoms with Gasteiger partial charge in [-0.15, -0.1) is 0 Å². The topological polar surface area (TPSA) is 41.1 Å². The zero-order chi connectivity index (χ0) is 15.2. The van der Waals surface area contributed by atoms with Gasteiger partial charge in [-0.1, -0.05) is 39.7 Å². The molecule has 21 heavy (non-hydrogen) atoms. The molecule has 0 aliphatic heterocycles. The summed E-state index contributed by atoms with van der Waals surface area (Å²) in [5.41, 5.74) is 1.87. The number of amides is 1. The Hall–Kier alpha value is -1.36. The molecule has 0 aliphatic carbocycles. The van der Waals surface area contributed by atoms with Gasteiger partial charge in [-0.25, -0.2) is 0 Å². The zero-order valence-corrected chi connectivity index (χ0v) is 13.9. The number of nitrogens with one attached hydrogen (secondary N) is 2. The molecule has 0 aliphatic rings. The Kier molecular flexibility index (Phi) is 5.79. The van der Waals surface area contributed by atoms with Gasteiger partial charge in [0.25, 0.3) is 0 Å². The van der Waals surface area contributed by atoms with E-state index < -0.39 is 0 Å². The largest absolute Gasteiger partial charge is 0.325 e. The van der Waals surface area contributed by atoms with E-state index in [2.05, 4.69) is 26.6 Å². The van der Waals surface area contributed by atoms with Crippen LogP contribution in [0.3, 0.4) is 0 Å². The number of anilines is 1. The highest BCUT2D eigenvalue weighted by Crippen LogP contribution is 2.16. The van der Waals surface area contributed by atoms with Gasteiger partial charge in [-0.3, -0.25) is 4.79 Å². The second-order valence-electron chi connectivity index (χ2n) is 4.71. The number of carbonyl (C=O) groups excluding carboxylic acids is 1. The maximum atomic E-state index is 11.9. The maximum absolute atomic E-state index is 11.9. The van der Waals surface area contributed by atoms with Crippen LogP contribution in [0, 0.1) is 0 Å². The zero-order valence-electron chi connectivity index (χ0n) is 11.6. The van der Waals surface area contributed by atoms with Crippen molar-refractivity contribution in [1.82, 2.24) is 5.32 Å². The highest BCUT2D eigenvalue weighted by molar-refractivity contribution is 9.10. The summed E-state index contributed by atoms with van der Waals surface area (Å²) in [7, 11) is 0. The molecule has 0 saturated carbocycles. The molecule has 0 aromatic heterocycles. The predicted molar refractivity (Wildman–Crippen MR) is 90.6 cm³/mol. The molecule has 0 heterocycles. The SMILES string of the molecule is C[C@@H](NCC(=O)Nc1ccc(Br)cc1)c1ccc(Cl)cc1. The summed E-state index contributed by atoms with van der Waals surface area (Å²) in [4.78, 5) is 11.9. The smallest absolute Gasteiger partial charge is 0.238 e. The van der Waals surface area contributed by atoms with E-state index in [-0.39, 0.29) is 18.5 Å². The number of carbonyl (C=O) groups is 1. The minimum Gasteiger partial charge on any atom is -0.325 e. The summed E-state index contributed by atoms with van der Waals surface area (Å²) in [6.45, 7) is 2.26. The van der Waals surface area contributed by atoms with E-state index in [4.69, 9.17) is 11.6 Å². The number of benzene rings is 2. The van der Waals surface area contributed by atoms with Gasteiger partial charge >= 0.3 is 0 Å². The molecule has 0 unspecified atom stereocenters. The molecule has 0 radical (unpaired) electrons. The second kappa shape index (κ2) is 7.59. The molecule has 1 atom stereocenters. The first-order valence-electron chi connectivity index (χ1n) is 6.59. The molecular formula is C16H16BrClN2O. The van der Waals surface area contributed by atoms with Crippen LogP contribution in [0.25, 0.3) is 0 Å². The maximum Gasteiger partial charge on any atom is 0.238 e. The first-order chi connectivity index (χ1) is 10.0. The van der Waals surface area contributed by atoms with Crippen LogP contribution in [-0.4, -0.2) is 12.5 Å². The molecule has 3 nitrogen and oxygen atoms in total. The molecule has 110 valence electrons. The number of halogens is 2. The van der Waals surface area contributed by atoms with Gasteiger partial charge in [0.1, 0.15) is 0 Å². The molecule has 0 bridgehead atoms. The normalized spacial score (nSPS) is 12.0. The lowest BCUT2D eigenvalue weighted by Gasteiger charge is -2.14. The summed E-state index contributed by atoms with van der Waals surface area (Å²) >= 11 is 9.22. The fraction of sp³-hybridized carbons (Fsp3) is 0.188. The molecular weight excluding hydrogens is 352 g/mol. The monoisotopic (exact) mass is 366 g/mol. The molecule has 0 fully saturated rings. The lowest BCUT2D eigenvalue weighted by molar-refractivity contribution is -0.115. The number of hydrogen-bond acceptors (Lipinski definition) is 2. The van der Waals surface area contributed by atoms with Crippen molar-refractivity contribution in [3.8, 4) is 0 Å². The van der Waals surface area contributed by atoms with Crippen molar-refractivity contribution in [3.63, 3.8) is 0 Å². The third-order valence-corrected chi connectivity index (χ3v) is 3.85. The van der Waals surface area contributed by atoms with Gasteiger partial charge in [0.2, 0.25) is 5.91 Å². The summed E-state index contributed by atoms with van der Waals surface area (Å²) in [6.07, 6.45) is 0. The van der Waals surface area contributed by atoms with Gasteiger partial charge in [0, 0.05) is 21.2 Å². The summed E-state index contributed by atoms with van der Waals surface area (Å²) in [6, 6.07) is 15.2. The van der Waals surface area contributed by atoms with E-state index in [9.17, 15) is 4.79 Å². The van der Waals surface area contributed by atoms with Crippen molar-refractivity contribution >= 4 is 39.1 Å². The van der Waals surface area contributed by atoms with Crippen molar-refractivity contribution in [1.29, 1.82) is 0 Å². The Labute approximate surface area is 137 Å². The average Bonchev–Trinajstić information content (AvgIpc) is 2.48. The lowest BCUT2D eigenvalue weighted by Crippen LogP contribution is -2.30. The minimum atomic E-state index is -0.0712. The van der Waals surface area contributed by atoms with Gasteiger partial charge in [-0.2, -0.15) is 0 Å². The van der Waals surface area contributed by atoms with Gasteiger partial charge in [-0.05, 0) is 48.9 Å². The van der Waals surface area contributed by atoms with E-state index in [0.29, 0.717) is 5.02 Å². The Morgan fingerprint density at radius 3 is 2.38 bits per heavy atom. The van der Waals surface area contributed by atoms with Crippen LogP contribution in [-0.2, 0) is 4.79 Å². The summed E-state index contributed by atoms with van der Waals surface area (Å²) in [5.74, 6) is -0.0712. The van der Waals surface area contributed by atoms with Gasteiger partial charge < -0.3 is 10.6 Å². The van der Waals surface area contributed by atoms with Crippen LogP contribution < -0.4 is 10.6 Å². The van der Waals surface area contributed by atoms with E-state index in [1.165, 1.54) is 0 Å². The first kappa shape index (κ1) is 16.0. The van der Waals surface area contributed by atoms with Gasteiger partial charge in [0.15, 0.2) is 0 Å². The van der Waals surface area contributed by atoms with Crippen LogP contribution in [0.15, 0.2) is 53.0 Å². The summed E-state index contributed by atoms with van der Waals surface area (Å²) < 4.78 is 0.981. The molecule has 1 amide bonds. The van der Waals surface area contributed by atoms with Crippen LogP contribution in [0.2, 0.25) is 5.02 Å². The Morgan fingerprint density at radius 1 is 1.14 bits per heavy atom. The molecule has 2 N–H and O–H groups in total. The van der Waals surface area contributed by atoms with Crippen LogP contribution in [0.1, 0.15) is 18.5 Å². The number of hydrogen-bond donors (Lipinski definition) is 2. The van der Waals surface area contributed by atoms with Crippen molar-refractivity contribution in [2.24, 2.45) is 0 Å². The third-order valence-electron chi connectivity index (χ3n) is 3.07. The standard InChI is InChI=1S/C16H16BrClN2O/c1-11(12-2-6-14(18)7-3-12)19-10-16(21)20-15-8-4-13(17)5-9-15/h2-9,11,19H,10H2,1H3,(H,20,21)/t11-/m1/s1. The third kappa shape index (κ3) is 5.16. The predicted octanol–water partition coefficient (Wildman–Crippen LogP) is 4.39. The highest BCUT2D eigenvalue weighted by atomic mass is 79.9. The van der Waals surface area contributed by atoms with E-state index in [1.54, 1.807) is 0 Å². The average molecular weight is 368 g/mol. The van der Waals surface area contributed by atoms with Crippen molar-refractivity contribution in [2.75, 3.05) is 11.9 Å². The molecule has 2 aromatic carbocycles. The van der Waals surface area contributed by atoms with Crippen LogP contribution >= 0.6 is 27.5 Å². The Balaban J connectivity index is 1.83. The first-order valence-corrected chi connectivity index (χ1v) is 7.76. The minimum absolute atomic E-state index is 0.0712. The fourth-order valence-corrected chi connectivity index (χ4v) is 2.24. The molecule has 2 rings (SSSR count). The van der Waals surface area contributed by atoms with Crippen LogP contribution in [0.5, 0.6) is 0 Å². The van der Waals surface area contributed by atoms with E-state index >= 15 is 0 Å². The van der Waals surface area contributed by atoms with E-state index in [1.807, 2.05) is 55.5 Å². The molecule has 2 aromatic rings. The molecule has 5 heteroatoms. The van der Waals surface area contributed by atoms with Crippen molar-refractivity contribution < 1.29 is 4.79 Å². The van der Waals surface area contributed by atoms with Crippen molar-refractivity contribution in [3.05, 3.63) is 63.6 Å². The van der Waals surface area contributed by atoms with Crippen LogP contribution in [0.4, 0.5) is 5.69 Å². The summed E-state index contributed by atoms with van der Waals surface area (Å²) in [5, 5.41) is 6.73. The van der Waals surface area contributed by atoms with Crippen molar-refractivity contribution in [2.45, 2.75) is 13.0 Å². The Morgan fingerprint density at radius 2 is 1.76 bits per heavy atom. The lowest BCUT2D eigenvalue weighted by atomic mass is 10.1. The second-order valence-corrected chi connectivity index (χ2v) is 6.06. The number of rotatable bonds is 5. The molecule has 0 spiro atoms. The fourth-order valence-electron chi connectivity index (χ4n) is 1.85. The molecule has 0 saturated heterocycles. The van der Waals surface area contributed by atoms with E-state index in [0.717, 1.165) is 15.7 Å². The highest BCUT2D eigenvalue weighted by Gasteiger charge is 2.08. The quantitative estimate of drug-likeness (QED) is 0.823. The van der Waals surface area contributed by atoms with Gasteiger partial charge in [0.05, 0.1) is 6.54 Å².